The number of guanidine groups is 1. The molecule has 0 spiro atoms. The molecule has 0 saturated carbocycles. The zero-order chi connectivity index (χ0) is 21.5. The van der Waals surface area contributed by atoms with Gasteiger partial charge in [-0.2, -0.15) is 0 Å². The Labute approximate surface area is 185 Å². The molecule has 0 radical (unpaired) electrons. The van der Waals surface area contributed by atoms with Crippen LogP contribution in [0.15, 0.2) is 59.6 Å². The zero-order valence-corrected chi connectivity index (χ0v) is 18.4. The number of nitrogens with zero attached hydrogens (tertiary/aromatic N) is 3. The molecule has 31 heavy (non-hydrogen) atoms. The Morgan fingerprint density at radius 2 is 1.68 bits per heavy atom. The largest absolute Gasteiger partial charge is 0.354 e. The summed E-state index contributed by atoms with van der Waals surface area (Å²) in [4.78, 5) is 21.6. The molecule has 4 rings (SSSR count). The van der Waals surface area contributed by atoms with Crippen molar-refractivity contribution in [3.05, 3.63) is 71.3 Å². The van der Waals surface area contributed by atoms with Crippen molar-refractivity contribution in [1.82, 2.24) is 20.4 Å². The maximum atomic E-state index is 12.8. The van der Waals surface area contributed by atoms with Crippen LogP contribution in [0.5, 0.6) is 0 Å². The van der Waals surface area contributed by atoms with Crippen molar-refractivity contribution in [3.8, 4) is 0 Å². The molecule has 1 amide bonds. The fraction of sp³-hybridized carbons (Fsp3) is 0.440. The molecule has 164 valence electrons. The lowest BCUT2D eigenvalue weighted by molar-refractivity contribution is -0.130. The quantitative estimate of drug-likeness (QED) is 0.558. The van der Waals surface area contributed by atoms with Crippen LogP contribution in [0.4, 0.5) is 0 Å². The summed E-state index contributed by atoms with van der Waals surface area (Å²) in [6, 6.07) is 19.3. The minimum absolute atomic E-state index is 0.108. The summed E-state index contributed by atoms with van der Waals surface area (Å²) in [7, 11) is 1.75. The molecule has 6 heteroatoms. The first kappa shape index (κ1) is 21.4. The predicted molar refractivity (Wildman–Crippen MR) is 125 cm³/mol. The lowest BCUT2D eigenvalue weighted by Gasteiger charge is -2.30. The van der Waals surface area contributed by atoms with Crippen LogP contribution in [0.2, 0.25) is 0 Å². The van der Waals surface area contributed by atoms with Crippen LogP contribution >= 0.6 is 0 Å². The molecule has 2 heterocycles. The molecule has 2 N–H and O–H groups in total. The van der Waals surface area contributed by atoms with Gasteiger partial charge in [-0.25, -0.2) is 0 Å². The van der Waals surface area contributed by atoms with Gasteiger partial charge in [0.1, 0.15) is 0 Å². The fourth-order valence-corrected chi connectivity index (χ4v) is 4.58. The predicted octanol–water partition coefficient (Wildman–Crippen LogP) is 2.57. The third-order valence-electron chi connectivity index (χ3n) is 6.34. The normalized spacial score (nSPS) is 17.8. The molecule has 1 atom stereocenters. The van der Waals surface area contributed by atoms with E-state index in [9.17, 15) is 4.79 Å². The first-order valence-electron chi connectivity index (χ1n) is 11.3. The summed E-state index contributed by atoms with van der Waals surface area (Å²) < 4.78 is 0. The van der Waals surface area contributed by atoms with Crippen LogP contribution in [-0.2, 0) is 17.8 Å². The van der Waals surface area contributed by atoms with E-state index in [4.69, 9.17) is 0 Å². The topological polar surface area (TPSA) is 60.0 Å². The minimum atomic E-state index is 0.108. The number of nitrogens with one attached hydrogen (secondary N) is 2. The smallest absolute Gasteiger partial charge is 0.242 e. The summed E-state index contributed by atoms with van der Waals surface area (Å²) in [5.74, 6) is 0.780. The average Bonchev–Trinajstić information content (AvgIpc) is 3.36. The molecule has 0 aliphatic carbocycles. The van der Waals surface area contributed by atoms with Gasteiger partial charge in [0, 0.05) is 26.7 Å². The monoisotopic (exact) mass is 419 g/mol. The SMILES string of the molecule is CN=C(NCC(=O)N1CCc2ccccc2C1)NCC(c1ccccc1)N1CCCC1. The molecule has 2 aliphatic heterocycles. The number of fused-ring (bicyclic) bond motifs is 1. The molecule has 6 nitrogen and oxygen atoms in total. The molecule has 1 fully saturated rings. The summed E-state index contributed by atoms with van der Waals surface area (Å²) in [6.07, 6.45) is 3.43. The number of hydrogen-bond donors (Lipinski definition) is 2. The highest BCUT2D eigenvalue weighted by molar-refractivity contribution is 5.86. The Morgan fingerprint density at radius 1 is 0.968 bits per heavy atom. The van der Waals surface area contributed by atoms with Crippen LogP contribution in [0.1, 0.15) is 35.6 Å². The van der Waals surface area contributed by atoms with Crippen LogP contribution in [0, 0.1) is 0 Å². The van der Waals surface area contributed by atoms with Gasteiger partial charge in [0.25, 0.3) is 0 Å². The van der Waals surface area contributed by atoms with Crippen LogP contribution in [0.25, 0.3) is 0 Å². The van der Waals surface area contributed by atoms with Crippen molar-refractivity contribution in [3.63, 3.8) is 0 Å². The Morgan fingerprint density at radius 3 is 2.42 bits per heavy atom. The van der Waals surface area contributed by atoms with E-state index in [0.29, 0.717) is 18.5 Å². The lowest BCUT2D eigenvalue weighted by Crippen LogP contribution is -2.47. The summed E-state index contributed by atoms with van der Waals surface area (Å²) in [5, 5.41) is 6.66. The number of carbonyl (C=O) groups excluding carboxylic acids is 1. The Kier molecular flexibility index (Phi) is 7.20. The summed E-state index contributed by atoms with van der Waals surface area (Å²) in [6.45, 7) is 4.73. The van der Waals surface area contributed by atoms with Gasteiger partial charge >= 0.3 is 0 Å². The highest BCUT2D eigenvalue weighted by atomic mass is 16.2. The molecular formula is C25H33N5O. The molecule has 2 aliphatic rings. The first-order valence-corrected chi connectivity index (χ1v) is 11.3. The van der Waals surface area contributed by atoms with Crippen molar-refractivity contribution in [2.24, 2.45) is 4.99 Å². The second-order valence-electron chi connectivity index (χ2n) is 8.31. The lowest BCUT2D eigenvalue weighted by atomic mass is 10.00. The van der Waals surface area contributed by atoms with Gasteiger partial charge in [-0.15, -0.1) is 0 Å². The Hall–Kier alpha value is -2.86. The third-order valence-corrected chi connectivity index (χ3v) is 6.34. The van der Waals surface area contributed by atoms with Gasteiger partial charge < -0.3 is 15.5 Å². The maximum absolute atomic E-state index is 12.8. The number of hydrogen-bond acceptors (Lipinski definition) is 3. The third kappa shape index (κ3) is 5.44. The molecular weight excluding hydrogens is 386 g/mol. The highest BCUT2D eigenvalue weighted by Crippen LogP contribution is 2.24. The van der Waals surface area contributed by atoms with E-state index >= 15 is 0 Å². The Balaban J connectivity index is 1.30. The molecule has 2 aromatic rings. The van der Waals surface area contributed by atoms with E-state index in [0.717, 1.165) is 32.6 Å². The van der Waals surface area contributed by atoms with E-state index in [1.54, 1.807) is 7.05 Å². The summed E-state index contributed by atoms with van der Waals surface area (Å²) in [5.41, 5.74) is 3.92. The Bertz CT molecular complexity index is 892. The van der Waals surface area contributed by atoms with Gasteiger partial charge in [0.15, 0.2) is 5.96 Å². The van der Waals surface area contributed by atoms with Crippen LogP contribution in [0.3, 0.4) is 0 Å². The van der Waals surface area contributed by atoms with E-state index in [1.807, 2.05) is 11.0 Å². The van der Waals surface area contributed by atoms with Crippen LogP contribution < -0.4 is 10.6 Å². The van der Waals surface area contributed by atoms with Gasteiger partial charge in [-0.05, 0) is 49.0 Å². The van der Waals surface area contributed by atoms with Gasteiger partial charge in [-0.1, -0.05) is 54.6 Å². The van der Waals surface area contributed by atoms with Gasteiger partial charge in [0.05, 0.1) is 12.6 Å². The van der Waals surface area contributed by atoms with Gasteiger partial charge in [0.2, 0.25) is 5.91 Å². The second kappa shape index (κ2) is 10.4. The van der Waals surface area contributed by atoms with Gasteiger partial charge in [-0.3, -0.25) is 14.7 Å². The van der Waals surface area contributed by atoms with Crippen LogP contribution in [-0.4, -0.2) is 61.4 Å². The molecule has 1 unspecified atom stereocenters. The fourth-order valence-electron chi connectivity index (χ4n) is 4.58. The first-order chi connectivity index (χ1) is 15.2. The number of carbonyl (C=O) groups is 1. The van der Waals surface area contributed by atoms with E-state index in [2.05, 4.69) is 69.1 Å². The minimum Gasteiger partial charge on any atom is -0.354 e. The number of aliphatic imine (C=N–C) groups is 1. The van der Waals surface area contributed by atoms with Crippen molar-refractivity contribution < 1.29 is 4.79 Å². The molecule has 1 saturated heterocycles. The van der Waals surface area contributed by atoms with E-state index < -0.39 is 0 Å². The standard InChI is InChI=1S/C25H33N5O/c1-26-25(27-17-23(29-14-7-8-15-29)21-10-3-2-4-11-21)28-18-24(31)30-16-13-20-9-5-6-12-22(20)19-30/h2-6,9-12,23H,7-8,13-19H2,1H3,(H2,26,27,28). The number of benzene rings is 2. The molecule has 2 aromatic carbocycles. The van der Waals surface area contributed by atoms with Crippen molar-refractivity contribution in [2.45, 2.75) is 31.8 Å². The summed E-state index contributed by atoms with van der Waals surface area (Å²) >= 11 is 0. The number of amides is 1. The molecule has 0 aromatic heterocycles. The number of likely N-dealkylation sites (tertiary alicyclic amines) is 1. The number of rotatable bonds is 6. The molecule has 0 bridgehead atoms. The van der Waals surface area contributed by atoms with Crippen molar-refractivity contribution in [1.29, 1.82) is 0 Å². The highest BCUT2D eigenvalue weighted by Gasteiger charge is 2.24. The van der Waals surface area contributed by atoms with E-state index in [-0.39, 0.29) is 12.5 Å². The second-order valence-corrected chi connectivity index (χ2v) is 8.31. The average molecular weight is 420 g/mol. The van der Waals surface area contributed by atoms with E-state index in [1.165, 1.54) is 29.5 Å². The zero-order valence-electron chi connectivity index (χ0n) is 18.4. The van der Waals surface area contributed by atoms with Crippen molar-refractivity contribution in [2.75, 3.05) is 39.8 Å². The maximum Gasteiger partial charge on any atom is 0.242 e. The van der Waals surface area contributed by atoms with Crippen molar-refractivity contribution >= 4 is 11.9 Å².